The first-order valence-electron chi connectivity index (χ1n) is 9.27. The quantitative estimate of drug-likeness (QED) is 0.757. The molecule has 2 aromatic rings. The molecule has 10 heteroatoms. The third-order valence-corrected chi connectivity index (χ3v) is 6.58. The summed E-state index contributed by atoms with van der Waals surface area (Å²) in [4.78, 5) is 32.7. The Balaban J connectivity index is 0.00000210. The number of hydrogen-bond donors (Lipinski definition) is 1. The number of piperidine rings is 1. The van der Waals surface area contributed by atoms with Gasteiger partial charge in [-0.1, -0.05) is 0 Å². The summed E-state index contributed by atoms with van der Waals surface area (Å²) in [6, 6.07) is 0.0733. The predicted molar refractivity (Wildman–Crippen MR) is 122 cm³/mol. The van der Waals surface area contributed by atoms with Gasteiger partial charge in [0, 0.05) is 26.2 Å². The summed E-state index contributed by atoms with van der Waals surface area (Å²) in [6.45, 7) is 8.98. The fraction of sp³-hybridized carbons (Fsp3) is 0.579. The van der Waals surface area contributed by atoms with Crippen LogP contribution in [0.1, 0.15) is 46.4 Å². The first-order valence-corrected chi connectivity index (χ1v) is 10.1. The Morgan fingerprint density at radius 1 is 1.24 bits per heavy atom. The Kier molecular flexibility index (Phi) is 8.83. The zero-order valence-corrected chi connectivity index (χ0v) is 19.8. The summed E-state index contributed by atoms with van der Waals surface area (Å²) in [6.07, 6.45) is 2.02. The van der Waals surface area contributed by atoms with Gasteiger partial charge in [-0.3, -0.25) is 9.59 Å². The van der Waals surface area contributed by atoms with Crippen LogP contribution in [0.25, 0.3) is 10.6 Å². The van der Waals surface area contributed by atoms with E-state index in [-0.39, 0.29) is 42.3 Å². The molecule has 0 bridgehead atoms. The van der Waals surface area contributed by atoms with Gasteiger partial charge in [0.1, 0.15) is 9.88 Å². The topological polar surface area (TPSA) is 94.1 Å². The van der Waals surface area contributed by atoms with Gasteiger partial charge in [-0.2, -0.15) is 5.10 Å². The van der Waals surface area contributed by atoms with Crippen molar-refractivity contribution in [3.05, 3.63) is 32.2 Å². The van der Waals surface area contributed by atoms with Crippen molar-refractivity contribution in [1.29, 1.82) is 0 Å². The third-order valence-electron chi connectivity index (χ3n) is 5.42. The molecule has 3 rings (SSSR count). The molecule has 7 nitrogen and oxygen atoms in total. The van der Waals surface area contributed by atoms with Crippen LogP contribution in [0.2, 0.25) is 0 Å². The second-order valence-corrected chi connectivity index (χ2v) is 8.46. The maximum Gasteiger partial charge on any atom is 0.277 e. The highest BCUT2D eigenvalue weighted by Gasteiger charge is 2.29. The zero-order valence-electron chi connectivity index (χ0n) is 17.4. The minimum absolute atomic E-state index is 0. The molecule has 0 saturated carbocycles. The average molecular weight is 462 g/mol. The lowest BCUT2D eigenvalue weighted by Crippen LogP contribution is -2.45. The number of hydrogen-bond acceptors (Lipinski definition) is 6. The summed E-state index contributed by atoms with van der Waals surface area (Å²) in [5.41, 5.74) is 8.64. The largest absolute Gasteiger partial charge is 0.338 e. The van der Waals surface area contributed by atoms with Crippen LogP contribution < -0.4 is 11.3 Å². The molecule has 2 aromatic heterocycles. The van der Waals surface area contributed by atoms with E-state index in [0.29, 0.717) is 33.6 Å². The Labute approximate surface area is 187 Å². The van der Waals surface area contributed by atoms with Crippen molar-refractivity contribution in [2.45, 2.75) is 46.6 Å². The summed E-state index contributed by atoms with van der Waals surface area (Å²) in [7, 11) is 1.63. The van der Waals surface area contributed by atoms with E-state index in [1.807, 2.05) is 32.6 Å². The van der Waals surface area contributed by atoms with Gasteiger partial charge in [0.05, 0.1) is 17.0 Å². The molecular weight excluding hydrogens is 433 g/mol. The van der Waals surface area contributed by atoms with Crippen molar-refractivity contribution in [1.82, 2.24) is 19.7 Å². The van der Waals surface area contributed by atoms with Crippen molar-refractivity contribution >= 4 is 42.1 Å². The van der Waals surface area contributed by atoms with E-state index in [1.54, 1.807) is 7.05 Å². The van der Waals surface area contributed by atoms with Gasteiger partial charge in [0.15, 0.2) is 0 Å². The Morgan fingerprint density at radius 3 is 2.52 bits per heavy atom. The molecule has 2 unspecified atom stereocenters. The number of aromatic nitrogens is 3. The molecule has 0 aliphatic carbocycles. The van der Waals surface area contributed by atoms with E-state index >= 15 is 0 Å². The molecule has 162 valence electrons. The fourth-order valence-electron chi connectivity index (χ4n) is 3.57. The first kappa shape index (κ1) is 25.6. The van der Waals surface area contributed by atoms with E-state index in [0.717, 1.165) is 30.6 Å². The number of carbonyl (C=O) groups excluding carboxylic acids is 1. The lowest BCUT2D eigenvalue weighted by Gasteiger charge is -2.34. The number of thiazole rings is 1. The molecule has 2 N–H and O–H groups in total. The molecule has 1 fully saturated rings. The second-order valence-electron chi connectivity index (χ2n) is 7.46. The van der Waals surface area contributed by atoms with E-state index in [2.05, 4.69) is 10.1 Å². The molecule has 1 aliphatic heterocycles. The summed E-state index contributed by atoms with van der Waals surface area (Å²) >= 11 is 1.30. The number of amides is 1. The predicted octanol–water partition coefficient (Wildman–Crippen LogP) is 2.87. The number of likely N-dealkylation sites (tertiary alicyclic amines) is 1. The fourth-order valence-corrected chi connectivity index (χ4v) is 4.70. The van der Waals surface area contributed by atoms with E-state index in [1.165, 1.54) is 16.0 Å². The number of aryl methyl sites for hydroxylation is 3. The van der Waals surface area contributed by atoms with E-state index < -0.39 is 0 Å². The molecule has 1 aliphatic rings. The molecular formula is C19H29Cl2N5O2S. The second kappa shape index (κ2) is 10.0. The number of halogens is 2. The van der Waals surface area contributed by atoms with Gasteiger partial charge in [0.2, 0.25) is 0 Å². The maximum absolute atomic E-state index is 13.1. The molecule has 0 radical (unpaired) electrons. The normalized spacial score (nSPS) is 17.3. The van der Waals surface area contributed by atoms with Gasteiger partial charge in [-0.25, -0.2) is 9.67 Å². The number of rotatable bonds is 3. The molecule has 1 saturated heterocycles. The first-order chi connectivity index (χ1) is 12.7. The smallest absolute Gasteiger partial charge is 0.277 e. The number of nitrogens with zero attached hydrogens (tertiary/aromatic N) is 4. The van der Waals surface area contributed by atoms with Crippen molar-refractivity contribution < 1.29 is 4.79 Å². The molecule has 0 aromatic carbocycles. The minimum atomic E-state index is -0.194. The van der Waals surface area contributed by atoms with Crippen molar-refractivity contribution in [2.75, 3.05) is 13.1 Å². The Bertz CT molecular complexity index is 941. The Hall–Kier alpha value is -1.48. The van der Waals surface area contributed by atoms with Gasteiger partial charge in [-0.05, 0) is 52.0 Å². The summed E-state index contributed by atoms with van der Waals surface area (Å²) in [5.74, 6) is 0.314. The average Bonchev–Trinajstić information content (AvgIpc) is 3.01. The van der Waals surface area contributed by atoms with Gasteiger partial charge in [0.25, 0.3) is 11.5 Å². The maximum atomic E-state index is 13.1. The zero-order chi connectivity index (χ0) is 19.9. The minimum Gasteiger partial charge on any atom is -0.338 e. The SMILES string of the molecule is Cc1nc(-c2c(C)c(C)nn(C)c2=O)sc1C(=O)N1CCCC(C(C)N)C1.Cl.Cl. The number of nitrogens with two attached hydrogens (primary N) is 1. The van der Waals surface area contributed by atoms with Crippen LogP contribution in [0.5, 0.6) is 0 Å². The molecule has 1 amide bonds. The molecule has 29 heavy (non-hydrogen) atoms. The highest BCUT2D eigenvalue weighted by Crippen LogP contribution is 2.30. The van der Waals surface area contributed by atoms with Crippen LogP contribution in [0.4, 0.5) is 0 Å². The number of carbonyl (C=O) groups is 1. The van der Waals surface area contributed by atoms with Crippen LogP contribution >= 0.6 is 36.2 Å². The van der Waals surface area contributed by atoms with Crippen LogP contribution in [-0.4, -0.2) is 44.7 Å². The van der Waals surface area contributed by atoms with Crippen LogP contribution in [0.15, 0.2) is 4.79 Å². The van der Waals surface area contributed by atoms with Crippen molar-refractivity contribution in [2.24, 2.45) is 18.7 Å². The monoisotopic (exact) mass is 461 g/mol. The van der Waals surface area contributed by atoms with Gasteiger partial charge >= 0.3 is 0 Å². The summed E-state index contributed by atoms with van der Waals surface area (Å²) < 4.78 is 1.33. The summed E-state index contributed by atoms with van der Waals surface area (Å²) in [5, 5.41) is 4.80. The van der Waals surface area contributed by atoms with E-state index in [4.69, 9.17) is 5.73 Å². The van der Waals surface area contributed by atoms with Crippen LogP contribution in [0.3, 0.4) is 0 Å². The van der Waals surface area contributed by atoms with Gasteiger partial charge < -0.3 is 10.6 Å². The molecule has 3 heterocycles. The van der Waals surface area contributed by atoms with Crippen molar-refractivity contribution in [3.63, 3.8) is 0 Å². The lowest BCUT2D eigenvalue weighted by molar-refractivity contribution is 0.0665. The Morgan fingerprint density at radius 2 is 1.90 bits per heavy atom. The van der Waals surface area contributed by atoms with Crippen LogP contribution in [0, 0.1) is 26.7 Å². The van der Waals surface area contributed by atoms with E-state index in [9.17, 15) is 9.59 Å². The third kappa shape index (κ3) is 4.99. The van der Waals surface area contributed by atoms with Crippen LogP contribution in [-0.2, 0) is 7.05 Å². The standard InChI is InChI=1S/C19H27N5O2S.2ClH/c1-10-12(3)22-23(5)18(25)15(10)17-21-13(4)16(27-17)19(26)24-8-6-7-14(9-24)11(2)20;;/h11,14H,6-9,20H2,1-5H3;2*1H. The highest BCUT2D eigenvalue weighted by atomic mass is 35.5. The van der Waals surface area contributed by atoms with Crippen molar-refractivity contribution in [3.8, 4) is 10.6 Å². The molecule has 0 spiro atoms. The molecule has 2 atom stereocenters. The van der Waals surface area contributed by atoms with Gasteiger partial charge in [-0.15, -0.1) is 36.2 Å². The lowest BCUT2D eigenvalue weighted by atomic mass is 9.92. The highest BCUT2D eigenvalue weighted by molar-refractivity contribution is 7.17.